The zero-order chi connectivity index (χ0) is 10.9. The van der Waals surface area contributed by atoms with Crippen LogP contribution in [0.25, 0.3) is 0 Å². The molecule has 0 atom stereocenters. The van der Waals surface area contributed by atoms with Gasteiger partial charge in [0.2, 0.25) is 0 Å². The molecule has 5 heteroatoms. The molecule has 0 heterocycles. The molecule has 0 unspecified atom stereocenters. The number of nitrogens with zero attached hydrogens (tertiary/aromatic N) is 1. The van der Waals surface area contributed by atoms with Crippen molar-refractivity contribution in [2.75, 3.05) is 14.1 Å². The lowest BCUT2D eigenvalue weighted by atomic mass is 10.2. The summed E-state index contributed by atoms with van der Waals surface area (Å²) in [6, 6.07) is 2.37. The molecule has 14 heavy (non-hydrogen) atoms. The number of halogens is 3. The van der Waals surface area contributed by atoms with E-state index in [4.69, 9.17) is 5.41 Å². The zero-order valence-corrected chi connectivity index (χ0v) is 9.32. The normalized spacial score (nSPS) is 10.1. The molecule has 0 fully saturated rings. The first kappa shape index (κ1) is 11.1. The Balaban J connectivity index is 3.24. The van der Waals surface area contributed by atoms with E-state index in [-0.39, 0.29) is 10.3 Å². The second-order valence-corrected chi connectivity index (χ2v) is 3.76. The van der Waals surface area contributed by atoms with E-state index >= 15 is 0 Å². The maximum atomic E-state index is 13.1. The third-order valence-electron chi connectivity index (χ3n) is 1.74. The predicted molar refractivity (Wildman–Crippen MR) is 54.6 cm³/mol. The van der Waals surface area contributed by atoms with Gasteiger partial charge in [-0.15, -0.1) is 0 Å². The van der Waals surface area contributed by atoms with Crippen molar-refractivity contribution in [1.29, 1.82) is 5.41 Å². The summed E-state index contributed by atoms with van der Waals surface area (Å²) in [5.41, 5.74) is 0.328. The molecule has 1 rings (SSSR count). The molecule has 0 amide bonds. The van der Waals surface area contributed by atoms with Gasteiger partial charge in [0.25, 0.3) is 0 Å². The van der Waals surface area contributed by atoms with Crippen LogP contribution < -0.4 is 0 Å². The third kappa shape index (κ3) is 1.92. The summed E-state index contributed by atoms with van der Waals surface area (Å²) < 4.78 is 25.8. The van der Waals surface area contributed by atoms with Crippen molar-refractivity contribution in [1.82, 2.24) is 4.90 Å². The molecule has 0 saturated carbocycles. The topological polar surface area (TPSA) is 27.1 Å². The summed E-state index contributed by atoms with van der Waals surface area (Å²) >= 11 is 2.92. The third-order valence-corrected chi connectivity index (χ3v) is 2.51. The highest BCUT2D eigenvalue weighted by atomic mass is 79.9. The molecule has 2 nitrogen and oxygen atoms in total. The molecule has 0 aliphatic carbocycles. The quantitative estimate of drug-likeness (QED) is 0.470. The zero-order valence-electron chi connectivity index (χ0n) is 7.74. The summed E-state index contributed by atoms with van der Waals surface area (Å²) in [7, 11) is 3.33. The minimum atomic E-state index is -0.964. The van der Waals surface area contributed by atoms with E-state index in [0.717, 1.165) is 6.07 Å². The average molecular weight is 263 g/mol. The van der Waals surface area contributed by atoms with E-state index < -0.39 is 11.6 Å². The van der Waals surface area contributed by atoms with Crippen LogP contribution in [0.4, 0.5) is 8.78 Å². The first-order valence-corrected chi connectivity index (χ1v) is 4.64. The first-order chi connectivity index (χ1) is 6.45. The van der Waals surface area contributed by atoms with Crippen molar-refractivity contribution in [3.05, 3.63) is 33.8 Å². The Morgan fingerprint density at radius 1 is 1.36 bits per heavy atom. The van der Waals surface area contributed by atoms with Crippen molar-refractivity contribution in [2.45, 2.75) is 0 Å². The molecular formula is C9H9BrF2N2. The Morgan fingerprint density at radius 3 is 2.43 bits per heavy atom. The van der Waals surface area contributed by atoms with Crippen LogP contribution in [0, 0.1) is 17.0 Å². The Hall–Kier alpha value is -0.970. The van der Waals surface area contributed by atoms with Crippen LogP contribution in [0.3, 0.4) is 0 Å². The van der Waals surface area contributed by atoms with Gasteiger partial charge in [-0.1, -0.05) is 0 Å². The van der Waals surface area contributed by atoms with Crippen molar-refractivity contribution in [3.63, 3.8) is 0 Å². The fourth-order valence-corrected chi connectivity index (χ4v) is 1.46. The van der Waals surface area contributed by atoms with Crippen LogP contribution in [0.1, 0.15) is 5.56 Å². The van der Waals surface area contributed by atoms with Gasteiger partial charge in [0, 0.05) is 19.7 Å². The molecule has 0 aliphatic rings. The molecule has 0 bridgehead atoms. The number of amidine groups is 1. The molecule has 0 aliphatic heterocycles. The van der Waals surface area contributed by atoms with Gasteiger partial charge in [0.05, 0.1) is 4.47 Å². The molecular weight excluding hydrogens is 254 g/mol. The van der Waals surface area contributed by atoms with Crippen molar-refractivity contribution >= 4 is 21.8 Å². The van der Waals surface area contributed by atoms with E-state index in [1.54, 1.807) is 14.1 Å². The molecule has 0 spiro atoms. The lowest BCUT2D eigenvalue weighted by Gasteiger charge is -2.15. The molecule has 1 N–H and O–H groups in total. The van der Waals surface area contributed by atoms with Crippen molar-refractivity contribution < 1.29 is 8.78 Å². The number of hydrogen-bond donors (Lipinski definition) is 1. The van der Waals surface area contributed by atoms with Gasteiger partial charge in [-0.25, -0.2) is 8.78 Å². The summed E-state index contributed by atoms with van der Waals surface area (Å²) in [5.74, 6) is -1.77. The smallest absolute Gasteiger partial charge is 0.173 e. The van der Waals surface area contributed by atoms with E-state index in [2.05, 4.69) is 15.9 Å². The molecule has 1 aromatic rings. The van der Waals surface area contributed by atoms with Gasteiger partial charge in [-0.3, -0.25) is 5.41 Å². The van der Waals surface area contributed by atoms with Crippen LogP contribution in [0.2, 0.25) is 0 Å². The second-order valence-electron chi connectivity index (χ2n) is 2.97. The van der Waals surface area contributed by atoms with Crippen LogP contribution >= 0.6 is 15.9 Å². The highest BCUT2D eigenvalue weighted by molar-refractivity contribution is 9.10. The van der Waals surface area contributed by atoms with Gasteiger partial charge in [0.1, 0.15) is 5.84 Å². The predicted octanol–water partition coefficient (Wildman–Crippen LogP) is 2.61. The fourth-order valence-electron chi connectivity index (χ4n) is 0.950. The van der Waals surface area contributed by atoms with Crippen molar-refractivity contribution in [3.8, 4) is 0 Å². The monoisotopic (exact) mass is 262 g/mol. The molecule has 1 aromatic carbocycles. The Bertz CT molecular complexity index is 377. The molecule has 0 aromatic heterocycles. The largest absolute Gasteiger partial charge is 0.363 e. The van der Waals surface area contributed by atoms with E-state index in [0.29, 0.717) is 5.56 Å². The highest BCUT2D eigenvalue weighted by Crippen LogP contribution is 2.23. The second kappa shape index (κ2) is 4.04. The van der Waals surface area contributed by atoms with E-state index in [9.17, 15) is 8.78 Å². The van der Waals surface area contributed by atoms with Gasteiger partial charge in [-0.2, -0.15) is 0 Å². The standard InChI is InChI=1S/C9H9BrF2N2/c1-14(2)9(13)5-3-4-6(11)8(12)7(5)10/h3-4,13H,1-2H3. The lowest BCUT2D eigenvalue weighted by molar-refractivity contribution is 0.503. The summed E-state index contributed by atoms with van der Waals surface area (Å²) in [6.07, 6.45) is 0. The number of benzene rings is 1. The highest BCUT2D eigenvalue weighted by Gasteiger charge is 2.14. The van der Waals surface area contributed by atoms with Crippen LogP contribution in [-0.2, 0) is 0 Å². The summed E-state index contributed by atoms with van der Waals surface area (Å²) in [6.45, 7) is 0. The number of nitrogens with one attached hydrogen (secondary N) is 1. The summed E-state index contributed by atoms with van der Waals surface area (Å²) in [5, 5.41) is 7.60. The maximum Gasteiger partial charge on any atom is 0.173 e. The average Bonchev–Trinajstić information content (AvgIpc) is 2.13. The Morgan fingerprint density at radius 2 is 1.93 bits per heavy atom. The van der Waals surface area contributed by atoms with Gasteiger partial charge >= 0.3 is 0 Å². The molecule has 0 saturated heterocycles. The van der Waals surface area contributed by atoms with Crippen LogP contribution in [0.5, 0.6) is 0 Å². The molecule has 76 valence electrons. The Labute approximate surface area is 89.2 Å². The summed E-state index contributed by atoms with van der Waals surface area (Å²) in [4.78, 5) is 1.51. The minimum Gasteiger partial charge on any atom is -0.363 e. The van der Waals surface area contributed by atoms with Gasteiger partial charge < -0.3 is 4.90 Å². The number of hydrogen-bond acceptors (Lipinski definition) is 1. The van der Waals surface area contributed by atoms with Crippen LogP contribution in [0.15, 0.2) is 16.6 Å². The lowest BCUT2D eigenvalue weighted by Crippen LogP contribution is -2.22. The fraction of sp³-hybridized carbons (Fsp3) is 0.222. The SMILES string of the molecule is CN(C)C(=N)c1ccc(F)c(F)c1Br. The molecule has 0 radical (unpaired) electrons. The van der Waals surface area contributed by atoms with E-state index in [1.165, 1.54) is 11.0 Å². The Kier molecular flexibility index (Phi) is 3.21. The van der Waals surface area contributed by atoms with E-state index in [1.807, 2.05) is 0 Å². The van der Waals surface area contributed by atoms with Crippen LogP contribution in [-0.4, -0.2) is 24.8 Å². The van der Waals surface area contributed by atoms with Gasteiger partial charge in [-0.05, 0) is 28.1 Å². The minimum absolute atomic E-state index is 0.0174. The van der Waals surface area contributed by atoms with Crippen molar-refractivity contribution in [2.24, 2.45) is 0 Å². The first-order valence-electron chi connectivity index (χ1n) is 3.85. The maximum absolute atomic E-state index is 13.1. The number of rotatable bonds is 1. The van der Waals surface area contributed by atoms with Gasteiger partial charge in [0.15, 0.2) is 11.6 Å².